The molecule has 12 heteroatoms. The molecule has 0 fully saturated rings. The molecule has 0 saturated heterocycles. The van der Waals surface area contributed by atoms with Gasteiger partial charge in [-0.2, -0.15) is 18.3 Å². The molecule has 0 aliphatic carbocycles. The molecule has 4 aromatic carbocycles. The summed E-state index contributed by atoms with van der Waals surface area (Å²) in [7, 11) is 0. The first-order valence-corrected chi connectivity index (χ1v) is 15.1. The average Bonchev–Trinajstić information content (AvgIpc) is 3.46. The Hall–Kier alpha value is -5.75. The normalized spacial score (nSPS) is 11.8. The molecule has 2 aromatic heterocycles. The molecule has 252 valence electrons. The van der Waals surface area contributed by atoms with Gasteiger partial charge in [0.15, 0.2) is 0 Å². The summed E-state index contributed by atoms with van der Waals surface area (Å²) < 4.78 is 57.9. The smallest absolute Gasteiger partial charge is 0.490 e. The molecule has 8 nitrogen and oxygen atoms in total. The zero-order valence-electron chi connectivity index (χ0n) is 26.2. The van der Waals surface area contributed by atoms with Crippen LogP contribution in [-0.4, -0.2) is 45.1 Å². The quantitative estimate of drug-likeness (QED) is 0.126. The maximum Gasteiger partial charge on any atom is 0.490 e. The molecule has 0 amide bonds. The number of nitrogens with zero attached hydrogens (tertiary/aromatic N) is 2. The van der Waals surface area contributed by atoms with E-state index in [1.165, 1.54) is 17.7 Å². The Labute approximate surface area is 279 Å². The minimum absolute atomic E-state index is 0.169. The van der Waals surface area contributed by atoms with Crippen molar-refractivity contribution in [3.8, 4) is 33.9 Å². The van der Waals surface area contributed by atoms with Crippen molar-refractivity contribution in [2.24, 2.45) is 5.73 Å². The SMILES string of the molecule is Cc1[nH]nc2ccc(-c3cc(OC[C@@H](N)Cc4ccccc4)cnc3-c3ccccc3OCc3cccc(F)c3)cc12.O=C(O)C(F)(F)F. The van der Waals surface area contributed by atoms with Crippen LogP contribution in [0.2, 0.25) is 0 Å². The van der Waals surface area contributed by atoms with E-state index in [1.807, 2.05) is 73.7 Å². The number of H-pyrrole nitrogens is 1. The van der Waals surface area contributed by atoms with Gasteiger partial charge in [0.25, 0.3) is 0 Å². The van der Waals surface area contributed by atoms with Crippen molar-refractivity contribution in [2.45, 2.75) is 32.2 Å². The molecule has 0 aliphatic rings. The van der Waals surface area contributed by atoms with Gasteiger partial charge in [-0.3, -0.25) is 10.1 Å². The number of pyridine rings is 1. The van der Waals surface area contributed by atoms with Crippen molar-refractivity contribution < 1.29 is 36.9 Å². The minimum atomic E-state index is -5.08. The second-order valence-electron chi connectivity index (χ2n) is 11.1. The second kappa shape index (κ2) is 15.4. The molecule has 6 rings (SSSR count). The van der Waals surface area contributed by atoms with Crippen LogP contribution in [0.25, 0.3) is 33.3 Å². The number of nitrogens with two attached hydrogens (primary N) is 1. The molecule has 0 saturated carbocycles. The van der Waals surface area contributed by atoms with E-state index in [0.717, 1.165) is 44.5 Å². The Balaban J connectivity index is 0.000000606. The maximum atomic E-state index is 13.8. The summed E-state index contributed by atoms with van der Waals surface area (Å²) in [4.78, 5) is 13.8. The van der Waals surface area contributed by atoms with Gasteiger partial charge in [0, 0.05) is 28.2 Å². The third-order valence-electron chi connectivity index (χ3n) is 7.39. The van der Waals surface area contributed by atoms with E-state index in [1.54, 1.807) is 12.3 Å². The van der Waals surface area contributed by atoms with Crippen molar-refractivity contribution in [1.29, 1.82) is 0 Å². The number of aliphatic carboxylic acids is 1. The molecule has 0 radical (unpaired) electrons. The van der Waals surface area contributed by atoms with Crippen LogP contribution in [0.1, 0.15) is 16.8 Å². The van der Waals surface area contributed by atoms with Gasteiger partial charge in [-0.15, -0.1) is 0 Å². The highest BCUT2D eigenvalue weighted by molar-refractivity contribution is 5.91. The lowest BCUT2D eigenvalue weighted by Gasteiger charge is -2.17. The molecule has 4 N–H and O–H groups in total. The standard InChI is InChI=1S/C35H31FN4O2.C2HF3O2/c1-23-31-18-26(14-15-33(31)40-39-23)32-19-29(41-22-28(37)17-24-8-3-2-4-9-24)20-38-35(32)30-12-5-6-13-34(30)42-21-25-10-7-11-27(36)16-25;3-2(4,5)1(6)7/h2-16,18-20,28H,17,21-22,37H2,1H3,(H,39,40);(H,6,7)/t28-;/m0./s1. The highest BCUT2D eigenvalue weighted by Gasteiger charge is 2.38. The number of nitrogens with one attached hydrogen (secondary N) is 1. The summed E-state index contributed by atoms with van der Waals surface area (Å²) in [6.45, 7) is 2.58. The molecule has 49 heavy (non-hydrogen) atoms. The number of fused-ring (bicyclic) bond motifs is 1. The number of benzene rings is 4. The predicted molar refractivity (Wildman–Crippen MR) is 178 cm³/mol. The van der Waals surface area contributed by atoms with Crippen LogP contribution in [0.4, 0.5) is 17.6 Å². The molecular weight excluding hydrogens is 640 g/mol. The van der Waals surface area contributed by atoms with Gasteiger partial charge in [-0.1, -0.05) is 60.7 Å². The van der Waals surface area contributed by atoms with Crippen LogP contribution in [0, 0.1) is 12.7 Å². The first kappa shape index (κ1) is 34.6. The van der Waals surface area contributed by atoms with E-state index in [4.69, 9.17) is 30.1 Å². The first-order valence-electron chi connectivity index (χ1n) is 15.1. The van der Waals surface area contributed by atoms with Crippen LogP contribution < -0.4 is 15.2 Å². The topological polar surface area (TPSA) is 123 Å². The summed E-state index contributed by atoms with van der Waals surface area (Å²) in [5, 5.41) is 15.6. The third kappa shape index (κ3) is 9.20. The fourth-order valence-electron chi connectivity index (χ4n) is 5.02. The summed E-state index contributed by atoms with van der Waals surface area (Å²) in [6, 6.07) is 32.3. The predicted octanol–water partition coefficient (Wildman–Crippen LogP) is 7.90. The van der Waals surface area contributed by atoms with Crippen molar-refractivity contribution in [1.82, 2.24) is 15.2 Å². The van der Waals surface area contributed by atoms with Crippen molar-refractivity contribution >= 4 is 16.9 Å². The van der Waals surface area contributed by atoms with Gasteiger partial charge in [-0.05, 0) is 72.5 Å². The number of para-hydroxylation sites is 1. The highest BCUT2D eigenvalue weighted by atomic mass is 19.4. The average molecular weight is 673 g/mol. The number of carboxylic acids is 1. The van der Waals surface area contributed by atoms with E-state index < -0.39 is 12.1 Å². The van der Waals surface area contributed by atoms with E-state index in [9.17, 15) is 17.6 Å². The van der Waals surface area contributed by atoms with Crippen LogP contribution in [-0.2, 0) is 17.8 Å². The molecule has 6 aromatic rings. The van der Waals surface area contributed by atoms with Crippen LogP contribution >= 0.6 is 0 Å². The number of carbonyl (C=O) groups is 1. The Morgan fingerprint density at radius 3 is 2.35 bits per heavy atom. The summed E-state index contributed by atoms with van der Waals surface area (Å²) in [5.74, 6) is -1.78. The molecule has 0 aliphatic heterocycles. The minimum Gasteiger partial charge on any atom is -0.490 e. The zero-order valence-corrected chi connectivity index (χ0v) is 26.2. The molecule has 0 unspecified atom stereocenters. The van der Waals surface area contributed by atoms with Gasteiger partial charge in [0.1, 0.15) is 30.5 Å². The molecule has 0 bridgehead atoms. The summed E-state index contributed by atoms with van der Waals surface area (Å²) in [6.07, 6.45) is -2.65. The molecule has 1 atom stereocenters. The van der Waals surface area contributed by atoms with Crippen LogP contribution in [0.15, 0.2) is 109 Å². The molecule has 2 heterocycles. The lowest BCUT2D eigenvalue weighted by Crippen LogP contribution is -2.30. The first-order chi connectivity index (χ1) is 23.5. The molecular formula is C37H32F4N4O4. The number of rotatable bonds is 10. The van der Waals surface area contributed by atoms with Crippen LogP contribution in [0.3, 0.4) is 0 Å². The number of aromatic nitrogens is 3. The number of halogens is 4. The number of aryl methyl sites for hydroxylation is 1. The number of aromatic amines is 1. The number of hydrogen-bond acceptors (Lipinski definition) is 6. The number of carboxylic acid groups (broad SMARTS) is 1. The lowest BCUT2D eigenvalue weighted by atomic mass is 9.97. The van der Waals surface area contributed by atoms with Gasteiger partial charge in [0.2, 0.25) is 0 Å². The zero-order chi connectivity index (χ0) is 35.0. The van der Waals surface area contributed by atoms with Gasteiger partial charge < -0.3 is 20.3 Å². The second-order valence-corrected chi connectivity index (χ2v) is 11.1. The monoisotopic (exact) mass is 672 g/mol. The summed E-state index contributed by atoms with van der Waals surface area (Å²) in [5.41, 5.74) is 13.6. The number of ether oxygens (including phenoxy) is 2. The van der Waals surface area contributed by atoms with E-state index in [0.29, 0.717) is 24.5 Å². The lowest BCUT2D eigenvalue weighted by molar-refractivity contribution is -0.192. The van der Waals surface area contributed by atoms with Crippen molar-refractivity contribution in [3.05, 3.63) is 132 Å². The van der Waals surface area contributed by atoms with Crippen LogP contribution in [0.5, 0.6) is 11.5 Å². The van der Waals surface area contributed by atoms with Gasteiger partial charge in [-0.25, -0.2) is 9.18 Å². The number of alkyl halides is 3. The van der Waals surface area contributed by atoms with E-state index in [2.05, 4.69) is 28.4 Å². The molecule has 0 spiro atoms. The van der Waals surface area contributed by atoms with Gasteiger partial charge >= 0.3 is 12.1 Å². The fraction of sp³-hybridized carbons (Fsp3) is 0.162. The third-order valence-corrected chi connectivity index (χ3v) is 7.39. The van der Waals surface area contributed by atoms with Gasteiger partial charge in [0.05, 0.1) is 17.4 Å². The number of hydrogen-bond donors (Lipinski definition) is 3. The Morgan fingerprint density at radius 1 is 0.898 bits per heavy atom. The van der Waals surface area contributed by atoms with E-state index in [-0.39, 0.29) is 18.5 Å². The Bertz CT molecular complexity index is 2030. The van der Waals surface area contributed by atoms with E-state index >= 15 is 0 Å². The van der Waals surface area contributed by atoms with Crippen molar-refractivity contribution in [2.75, 3.05) is 6.61 Å². The largest absolute Gasteiger partial charge is 0.490 e. The maximum absolute atomic E-state index is 13.8. The summed E-state index contributed by atoms with van der Waals surface area (Å²) >= 11 is 0. The highest BCUT2D eigenvalue weighted by Crippen LogP contribution is 2.39. The Kier molecular flexibility index (Phi) is 10.9. The van der Waals surface area contributed by atoms with Crippen molar-refractivity contribution in [3.63, 3.8) is 0 Å². The Morgan fingerprint density at radius 2 is 1.61 bits per heavy atom. The fourth-order valence-corrected chi connectivity index (χ4v) is 5.02.